The van der Waals surface area contributed by atoms with Crippen molar-refractivity contribution in [1.29, 1.82) is 0 Å². The number of nitrogens with one attached hydrogen (secondary N) is 1. The van der Waals surface area contributed by atoms with Crippen LogP contribution in [0.5, 0.6) is 0 Å². The first-order valence-electron chi connectivity index (χ1n) is 5.39. The van der Waals surface area contributed by atoms with E-state index in [4.69, 9.17) is 11.1 Å². The van der Waals surface area contributed by atoms with E-state index in [1.807, 2.05) is 17.0 Å². The minimum Gasteiger partial charge on any atom is -0.286 e. The van der Waals surface area contributed by atoms with Crippen molar-refractivity contribution in [3.63, 3.8) is 0 Å². The molecule has 0 aliphatic heterocycles. The predicted molar refractivity (Wildman–Crippen MR) is 75.2 cm³/mol. The summed E-state index contributed by atoms with van der Waals surface area (Å²) >= 11 is 0. The standard InChI is InChI=1S/C10H6O2.HN7O2S/c11-9-6-5-7-3-1-2-4-8(7)10(9)12;1-3-5-7-10(8,9)6-4-2/h1-6H;7H. The van der Waals surface area contributed by atoms with Gasteiger partial charge in [0.15, 0.2) is 0 Å². The summed E-state index contributed by atoms with van der Waals surface area (Å²) in [7, 11) is -4.16. The molecule has 0 unspecified atom stereocenters. The molecule has 0 fully saturated rings. The second kappa shape index (κ2) is 7.45. The zero-order chi connectivity index (χ0) is 16.6. The maximum absolute atomic E-state index is 11.2. The molecule has 12 heteroatoms. The largest absolute Gasteiger partial charge is 0.394 e. The number of carbonyl (C=O) groups is 2. The second-order valence-corrected chi connectivity index (χ2v) is 4.84. The van der Waals surface area contributed by atoms with E-state index < -0.39 is 21.8 Å². The van der Waals surface area contributed by atoms with E-state index in [-0.39, 0.29) is 0 Å². The van der Waals surface area contributed by atoms with Gasteiger partial charge >= 0.3 is 10.2 Å². The smallest absolute Gasteiger partial charge is 0.286 e. The molecule has 112 valence electrons. The number of hydrogen-bond donors (Lipinski definition) is 1. The molecule has 0 bridgehead atoms. The molecule has 1 aromatic carbocycles. The van der Waals surface area contributed by atoms with Crippen LogP contribution in [-0.2, 0) is 15.0 Å². The molecule has 22 heavy (non-hydrogen) atoms. The van der Waals surface area contributed by atoms with Crippen molar-refractivity contribution in [1.82, 2.24) is 4.83 Å². The number of allylic oxidation sites excluding steroid dienone is 1. The predicted octanol–water partition coefficient (Wildman–Crippen LogP) is 1.82. The summed E-state index contributed by atoms with van der Waals surface area (Å²) in [6, 6.07) is 7.07. The van der Waals surface area contributed by atoms with Gasteiger partial charge in [-0.3, -0.25) is 9.59 Å². The molecule has 0 aromatic heterocycles. The summed E-state index contributed by atoms with van der Waals surface area (Å²) in [5.41, 5.74) is 16.5. The van der Waals surface area contributed by atoms with Gasteiger partial charge in [0, 0.05) is 10.5 Å². The van der Waals surface area contributed by atoms with Crippen LogP contribution < -0.4 is 4.83 Å². The Kier molecular flexibility index (Phi) is 5.66. The Morgan fingerprint density at radius 3 is 2.36 bits per heavy atom. The molecule has 0 heterocycles. The minimum absolute atomic E-state index is 0.409. The molecule has 2 rings (SSSR count). The third kappa shape index (κ3) is 4.65. The molecule has 0 saturated heterocycles. The summed E-state index contributed by atoms with van der Waals surface area (Å²) < 4.78 is 22.7. The summed E-state index contributed by atoms with van der Waals surface area (Å²) in [4.78, 5) is 27.4. The van der Waals surface area contributed by atoms with Gasteiger partial charge in [-0.2, -0.15) is 13.3 Å². The highest BCUT2D eigenvalue weighted by atomic mass is 32.2. The number of hydrogen-bond acceptors (Lipinski definition) is 5. The lowest BCUT2D eigenvalue weighted by Gasteiger charge is -2.06. The lowest BCUT2D eigenvalue weighted by Crippen LogP contribution is -2.15. The van der Waals surface area contributed by atoms with Crippen molar-refractivity contribution in [2.75, 3.05) is 0 Å². The quantitative estimate of drug-likeness (QED) is 0.293. The van der Waals surface area contributed by atoms with E-state index in [1.165, 1.54) is 10.9 Å². The van der Waals surface area contributed by atoms with E-state index in [0.717, 1.165) is 5.56 Å². The number of azide groups is 2. The Morgan fingerprint density at radius 2 is 1.73 bits per heavy atom. The summed E-state index contributed by atoms with van der Waals surface area (Å²) in [5, 5.41) is 2.44. The molecule has 0 radical (unpaired) electrons. The number of carbonyl (C=O) groups excluding carboxylic acids is 2. The summed E-state index contributed by atoms with van der Waals surface area (Å²) in [6.07, 6.45) is 2.98. The van der Waals surface area contributed by atoms with Crippen LogP contribution in [0.1, 0.15) is 15.9 Å². The van der Waals surface area contributed by atoms with Gasteiger partial charge in [-0.15, -0.1) is 10.4 Å². The molecule has 1 aliphatic carbocycles. The number of ketones is 2. The Labute approximate surface area is 123 Å². The third-order valence-corrected chi connectivity index (χ3v) is 2.79. The Morgan fingerprint density at radius 1 is 1.05 bits per heavy atom. The molecule has 0 amide bonds. The number of nitrogens with zero attached hydrogens (tertiary/aromatic N) is 6. The van der Waals surface area contributed by atoms with Crippen LogP contribution in [0.2, 0.25) is 0 Å². The Bertz CT molecular complexity index is 833. The Hall–Kier alpha value is -3.33. The normalized spacial score (nSPS) is 12.0. The Balaban J connectivity index is 0.000000225. The fraction of sp³-hybridized carbons (Fsp3) is 0. The zero-order valence-corrected chi connectivity index (χ0v) is 11.5. The van der Waals surface area contributed by atoms with Crippen LogP contribution in [0.25, 0.3) is 27.0 Å². The molecular weight excluding hydrogens is 314 g/mol. The molecule has 0 spiro atoms. The van der Waals surface area contributed by atoms with E-state index in [9.17, 15) is 18.0 Å². The van der Waals surface area contributed by atoms with Gasteiger partial charge in [0.2, 0.25) is 11.6 Å². The first-order valence-corrected chi connectivity index (χ1v) is 6.83. The molecule has 1 aromatic rings. The average Bonchev–Trinajstić information content (AvgIpc) is 2.50. The van der Waals surface area contributed by atoms with Crippen molar-refractivity contribution in [3.05, 3.63) is 62.4 Å². The fourth-order valence-corrected chi connectivity index (χ4v) is 1.63. The number of rotatable bonds is 3. The summed E-state index contributed by atoms with van der Waals surface area (Å²) in [6.45, 7) is 0. The van der Waals surface area contributed by atoms with Crippen molar-refractivity contribution >= 4 is 27.9 Å². The lowest BCUT2D eigenvalue weighted by atomic mass is 9.96. The van der Waals surface area contributed by atoms with Crippen molar-refractivity contribution in [2.45, 2.75) is 0 Å². The van der Waals surface area contributed by atoms with E-state index in [1.54, 1.807) is 18.2 Å². The monoisotopic (exact) mass is 321 g/mol. The first kappa shape index (κ1) is 16.7. The average molecular weight is 321 g/mol. The van der Waals surface area contributed by atoms with Crippen molar-refractivity contribution in [3.8, 4) is 0 Å². The number of Topliss-reactive ketones (excluding diaryl/α,β-unsaturated/α-hetero) is 1. The molecular formula is C10H7N7O4S. The number of benzene rings is 1. The molecule has 0 atom stereocenters. The highest BCUT2D eigenvalue weighted by molar-refractivity contribution is 7.88. The SMILES string of the molecule is O=C1C=Cc2ccccc2C1=O.[N-]=[N+]=NNS(=O)(=O)N=[N+]=[N-]. The highest BCUT2D eigenvalue weighted by Crippen LogP contribution is 2.16. The van der Waals surface area contributed by atoms with Crippen LogP contribution in [0.4, 0.5) is 0 Å². The lowest BCUT2D eigenvalue weighted by molar-refractivity contribution is -0.110. The molecule has 1 N–H and O–H groups in total. The van der Waals surface area contributed by atoms with E-state index in [0.29, 0.717) is 5.56 Å². The molecule has 11 nitrogen and oxygen atoms in total. The van der Waals surface area contributed by atoms with Crippen molar-refractivity contribution in [2.24, 2.45) is 9.74 Å². The van der Waals surface area contributed by atoms with E-state index in [2.05, 4.69) is 14.7 Å². The van der Waals surface area contributed by atoms with Crippen LogP contribution in [0.3, 0.4) is 0 Å². The van der Waals surface area contributed by atoms with Gasteiger partial charge in [-0.25, -0.2) is 0 Å². The van der Waals surface area contributed by atoms with Gasteiger partial charge in [0.05, 0.1) is 4.52 Å². The van der Waals surface area contributed by atoms with Gasteiger partial charge in [0.1, 0.15) is 0 Å². The van der Waals surface area contributed by atoms with Crippen LogP contribution in [0, 0.1) is 0 Å². The molecule has 0 saturated carbocycles. The van der Waals surface area contributed by atoms with Gasteiger partial charge in [-0.05, 0) is 22.4 Å². The minimum atomic E-state index is -4.16. The molecule has 1 aliphatic rings. The van der Waals surface area contributed by atoms with Crippen LogP contribution in [-0.4, -0.2) is 20.0 Å². The maximum atomic E-state index is 11.2. The maximum Gasteiger partial charge on any atom is 0.394 e. The van der Waals surface area contributed by atoms with Gasteiger partial charge in [-0.1, -0.05) is 30.3 Å². The summed E-state index contributed by atoms with van der Waals surface area (Å²) in [5.74, 6) is -0.846. The van der Waals surface area contributed by atoms with Crippen LogP contribution in [0.15, 0.2) is 40.1 Å². The second-order valence-electron chi connectivity index (χ2n) is 3.54. The van der Waals surface area contributed by atoms with E-state index >= 15 is 0 Å². The third-order valence-electron chi connectivity index (χ3n) is 2.19. The zero-order valence-electron chi connectivity index (χ0n) is 10.7. The van der Waals surface area contributed by atoms with Crippen LogP contribution >= 0.6 is 0 Å². The fourth-order valence-electron chi connectivity index (χ4n) is 1.36. The first-order chi connectivity index (χ1) is 10.4. The highest BCUT2D eigenvalue weighted by Gasteiger charge is 2.19. The topological polar surface area (TPSA) is 178 Å². The number of fused-ring (bicyclic) bond motifs is 1. The van der Waals surface area contributed by atoms with Crippen molar-refractivity contribution < 1.29 is 18.0 Å². The van der Waals surface area contributed by atoms with Gasteiger partial charge in [0.25, 0.3) is 0 Å². The van der Waals surface area contributed by atoms with Gasteiger partial charge < -0.3 is 0 Å².